The molecule has 1 rings (SSSR count). The fourth-order valence-electron chi connectivity index (χ4n) is 1.88. The van der Waals surface area contributed by atoms with Crippen molar-refractivity contribution in [2.24, 2.45) is 5.14 Å². The van der Waals surface area contributed by atoms with Crippen LogP contribution in [0.15, 0.2) is 17.0 Å². The topological polar surface area (TPSA) is 84.0 Å². The molecule has 0 heterocycles. The molecule has 5 heteroatoms. The van der Waals surface area contributed by atoms with E-state index < -0.39 is 10.0 Å². The predicted octanol–water partition coefficient (Wildman–Crippen LogP) is 2.45. The minimum Gasteiger partial charge on any atom is -0.225 e. The number of nitrogens with two attached hydrogens (primary N) is 1. The molecule has 0 spiro atoms. The van der Waals surface area contributed by atoms with E-state index in [4.69, 9.17) is 10.4 Å². The van der Waals surface area contributed by atoms with Gasteiger partial charge < -0.3 is 0 Å². The Kier molecular flexibility index (Phi) is 4.15. The molecule has 0 unspecified atom stereocenters. The van der Waals surface area contributed by atoms with E-state index in [1.54, 1.807) is 6.07 Å². The lowest BCUT2D eigenvalue weighted by atomic mass is 9.92. The first-order valence-corrected chi connectivity index (χ1v) is 7.33. The lowest BCUT2D eigenvalue weighted by Gasteiger charge is -2.16. The summed E-state index contributed by atoms with van der Waals surface area (Å²) in [4.78, 5) is 0.125. The van der Waals surface area contributed by atoms with Gasteiger partial charge >= 0.3 is 0 Å². The molecule has 0 fully saturated rings. The second-order valence-corrected chi connectivity index (χ2v) is 6.47. The van der Waals surface area contributed by atoms with Crippen molar-refractivity contribution < 1.29 is 8.42 Å². The van der Waals surface area contributed by atoms with E-state index in [0.717, 1.165) is 0 Å². The second kappa shape index (κ2) is 5.09. The van der Waals surface area contributed by atoms with Gasteiger partial charge in [0.15, 0.2) is 0 Å². The fraction of sp³-hybridized carbons (Fsp3) is 0.462. The molecule has 0 aliphatic carbocycles. The first-order valence-electron chi connectivity index (χ1n) is 5.79. The highest BCUT2D eigenvalue weighted by molar-refractivity contribution is 7.89. The molecule has 1 aromatic rings. The van der Waals surface area contributed by atoms with Crippen LogP contribution in [0.3, 0.4) is 0 Å². The van der Waals surface area contributed by atoms with Crippen LogP contribution in [0.25, 0.3) is 0 Å². The number of benzene rings is 1. The summed E-state index contributed by atoms with van der Waals surface area (Å²) in [5.41, 5.74) is 1.82. The average Bonchev–Trinajstić information content (AvgIpc) is 2.25. The highest BCUT2D eigenvalue weighted by Gasteiger charge is 2.20. The number of sulfonamides is 1. The highest BCUT2D eigenvalue weighted by atomic mass is 32.2. The third-order valence-electron chi connectivity index (χ3n) is 2.85. The molecular formula is C13H18N2O2S. The van der Waals surface area contributed by atoms with E-state index in [0.29, 0.717) is 16.7 Å². The van der Waals surface area contributed by atoms with E-state index >= 15 is 0 Å². The van der Waals surface area contributed by atoms with Crippen molar-refractivity contribution in [2.75, 3.05) is 0 Å². The third-order valence-corrected chi connectivity index (χ3v) is 3.82. The van der Waals surface area contributed by atoms with Gasteiger partial charge in [-0.05, 0) is 35.1 Å². The number of hydrogen-bond acceptors (Lipinski definition) is 3. The molecule has 18 heavy (non-hydrogen) atoms. The van der Waals surface area contributed by atoms with Gasteiger partial charge in [0.2, 0.25) is 10.0 Å². The van der Waals surface area contributed by atoms with Crippen molar-refractivity contribution in [2.45, 2.75) is 44.4 Å². The summed E-state index contributed by atoms with van der Waals surface area (Å²) >= 11 is 0. The lowest BCUT2D eigenvalue weighted by Crippen LogP contribution is -2.16. The van der Waals surface area contributed by atoms with Gasteiger partial charge in [-0.15, -0.1) is 0 Å². The Morgan fingerprint density at radius 1 is 1.11 bits per heavy atom. The maximum absolute atomic E-state index is 11.6. The maximum atomic E-state index is 11.6. The quantitative estimate of drug-likeness (QED) is 0.912. The van der Waals surface area contributed by atoms with Crippen LogP contribution in [0.2, 0.25) is 0 Å². The van der Waals surface area contributed by atoms with Gasteiger partial charge in [0.25, 0.3) is 0 Å². The third kappa shape index (κ3) is 2.89. The standard InChI is InChI=1S/C13H18N2O2S/c1-8(2)11-6-13(18(15,16)17)12(9(3)4)5-10(11)7-14/h5-6,8-9H,1-4H3,(H2,15,16,17). The minimum atomic E-state index is -3.77. The van der Waals surface area contributed by atoms with Gasteiger partial charge in [-0.3, -0.25) is 0 Å². The van der Waals surface area contributed by atoms with Crippen molar-refractivity contribution in [1.29, 1.82) is 5.26 Å². The summed E-state index contributed by atoms with van der Waals surface area (Å²) in [6, 6.07) is 5.29. The predicted molar refractivity (Wildman–Crippen MR) is 70.7 cm³/mol. The fourth-order valence-corrected chi connectivity index (χ4v) is 2.80. The molecule has 0 saturated carbocycles. The van der Waals surface area contributed by atoms with Crippen molar-refractivity contribution in [3.05, 3.63) is 28.8 Å². The molecule has 0 aliphatic heterocycles. The zero-order valence-electron chi connectivity index (χ0n) is 11.1. The highest BCUT2D eigenvalue weighted by Crippen LogP contribution is 2.29. The largest absolute Gasteiger partial charge is 0.238 e. The number of primary sulfonamides is 1. The van der Waals surface area contributed by atoms with Gasteiger partial charge in [-0.2, -0.15) is 5.26 Å². The minimum absolute atomic E-state index is 0.00774. The molecule has 4 nitrogen and oxygen atoms in total. The normalized spacial score (nSPS) is 11.9. The van der Waals surface area contributed by atoms with Gasteiger partial charge in [-0.1, -0.05) is 27.7 Å². The summed E-state index contributed by atoms with van der Waals surface area (Å²) in [7, 11) is -3.77. The summed E-state index contributed by atoms with van der Waals surface area (Å²) in [5, 5.41) is 14.4. The summed E-state index contributed by atoms with van der Waals surface area (Å²) in [6.07, 6.45) is 0. The zero-order valence-corrected chi connectivity index (χ0v) is 11.9. The van der Waals surface area contributed by atoms with Crippen molar-refractivity contribution >= 4 is 10.0 Å². The van der Waals surface area contributed by atoms with Gasteiger partial charge in [0, 0.05) is 0 Å². The lowest BCUT2D eigenvalue weighted by molar-refractivity contribution is 0.595. The van der Waals surface area contributed by atoms with Crippen LogP contribution in [0, 0.1) is 11.3 Å². The Bertz CT molecular complexity index is 596. The summed E-state index contributed by atoms with van der Waals surface area (Å²) in [6.45, 7) is 7.58. The van der Waals surface area contributed by atoms with E-state index in [1.165, 1.54) is 6.07 Å². The SMILES string of the molecule is CC(C)c1cc(S(N)(=O)=O)c(C(C)C)cc1C#N. The van der Waals surface area contributed by atoms with Crippen molar-refractivity contribution in [3.8, 4) is 6.07 Å². The maximum Gasteiger partial charge on any atom is 0.238 e. The Balaban J connectivity index is 3.71. The average molecular weight is 266 g/mol. The van der Waals surface area contributed by atoms with Crippen molar-refractivity contribution in [3.63, 3.8) is 0 Å². The monoisotopic (exact) mass is 266 g/mol. The Morgan fingerprint density at radius 2 is 1.61 bits per heavy atom. The van der Waals surface area contributed by atoms with Crippen LogP contribution in [-0.4, -0.2) is 8.42 Å². The molecule has 0 atom stereocenters. The smallest absolute Gasteiger partial charge is 0.225 e. The first kappa shape index (κ1) is 14.7. The van der Waals surface area contributed by atoms with Crippen LogP contribution in [0.5, 0.6) is 0 Å². The number of nitriles is 1. The molecule has 98 valence electrons. The molecular weight excluding hydrogens is 248 g/mol. The van der Waals surface area contributed by atoms with Gasteiger partial charge in [-0.25, -0.2) is 13.6 Å². The molecule has 0 aliphatic rings. The molecule has 0 aromatic heterocycles. The van der Waals surface area contributed by atoms with Crippen LogP contribution in [0.1, 0.15) is 56.2 Å². The van der Waals surface area contributed by atoms with E-state index in [9.17, 15) is 8.42 Å². The number of rotatable bonds is 3. The number of nitrogens with zero attached hydrogens (tertiary/aromatic N) is 1. The summed E-state index contributed by atoms with van der Waals surface area (Å²) in [5.74, 6) is 0.0630. The second-order valence-electron chi connectivity index (χ2n) is 4.94. The molecule has 0 saturated heterocycles. The van der Waals surface area contributed by atoms with Gasteiger partial charge in [0.1, 0.15) is 0 Å². The van der Waals surface area contributed by atoms with Crippen LogP contribution in [-0.2, 0) is 10.0 Å². The van der Waals surface area contributed by atoms with Crippen LogP contribution >= 0.6 is 0 Å². The van der Waals surface area contributed by atoms with Gasteiger partial charge in [0.05, 0.1) is 16.5 Å². The molecule has 1 aromatic carbocycles. The Hall–Kier alpha value is -1.38. The molecule has 0 radical (unpaired) electrons. The van der Waals surface area contributed by atoms with Crippen LogP contribution < -0.4 is 5.14 Å². The van der Waals surface area contributed by atoms with Crippen LogP contribution in [0.4, 0.5) is 0 Å². The van der Waals surface area contributed by atoms with E-state index in [1.807, 2.05) is 27.7 Å². The van der Waals surface area contributed by atoms with Crippen molar-refractivity contribution in [1.82, 2.24) is 0 Å². The number of hydrogen-bond donors (Lipinski definition) is 1. The Labute approximate surface area is 108 Å². The molecule has 2 N–H and O–H groups in total. The van der Waals surface area contributed by atoms with E-state index in [2.05, 4.69) is 6.07 Å². The Morgan fingerprint density at radius 3 is 1.94 bits per heavy atom. The first-order chi connectivity index (χ1) is 8.18. The molecule has 0 bridgehead atoms. The molecule has 0 amide bonds. The van der Waals surface area contributed by atoms with E-state index in [-0.39, 0.29) is 16.7 Å². The summed E-state index contributed by atoms with van der Waals surface area (Å²) < 4.78 is 23.3. The zero-order chi connectivity index (χ0) is 14.1.